The van der Waals surface area contributed by atoms with Crippen molar-refractivity contribution in [1.29, 1.82) is 0 Å². The number of anilines is 3. The van der Waals surface area contributed by atoms with Crippen LogP contribution in [0.5, 0.6) is 11.5 Å². The van der Waals surface area contributed by atoms with Gasteiger partial charge in [-0.15, -0.1) is 0 Å². The fourth-order valence-electron chi connectivity index (χ4n) is 2.89. The summed E-state index contributed by atoms with van der Waals surface area (Å²) >= 11 is 5.57. The third kappa shape index (κ3) is 8.86. The molecule has 0 spiro atoms. The molecule has 2 aromatic carbocycles. The summed E-state index contributed by atoms with van der Waals surface area (Å²) in [6.45, 7) is 0. The molecular weight excluding hydrogens is 539 g/mol. The number of nitrogen functional groups attached to an aromatic ring is 1. The lowest BCUT2D eigenvalue weighted by Crippen LogP contribution is -2.19. The van der Waals surface area contributed by atoms with Crippen LogP contribution in [0.4, 0.5) is 35.3 Å². The molecule has 0 unspecified atom stereocenters. The Kier molecular flexibility index (Phi) is 9.59. The van der Waals surface area contributed by atoms with E-state index >= 15 is 0 Å². The van der Waals surface area contributed by atoms with E-state index in [4.69, 9.17) is 22.1 Å². The number of halogens is 4. The maximum Gasteiger partial charge on any atom is 0.417 e. The number of alkyl halides is 3. The van der Waals surface area contributed by atoms with Crippen LogP contribution in [0.3, 0.4) is 0 Å². The van der Waals surface area contributed by atoms with Crippen molar-refractivity contribution < 1.29 is 27.5 Å². The molecule has 0 aliphatic carbocycles. The van der Waals surface area contributed by atoms with Gasteiger partial charge in [-0.2, -0.15) is 13.2 Å². The van der Waals surface area contributed by atoms with Crippen LogP contribution < -0.4 is 26.4 Å². The Labute approximate surface area is 225 Å². The number of nitrogens with two attached hydrogens (primary N) is 1. The molecular formula is C25H21ClF3N7O3. The molecule has 0 aliphatic heterocycles. The summed E-state index contributed by atoms with van der Waals surface area (Å²) in [7, 11) is 1.49. The second kappa shape index (κ2) is 13.1. The van der Waals surface area contributed by atoms with E-state index < -0.39 is 22.8 Å². The molecule has 0 saturated heterocycles. The molecule has 3 amide bonds. The van der Waals surface area contributed by atoms with Gasteiger partial charge in [-0.05, 0) is 54.6 Å². The average molecular weight is 560 g/mol. The monoisotopic (exact) mass is 559 g/mol. The molecule has 2 heterocycles. The first-order chi connectivity index (χ1) is 18.5. The Bertz CT molecular complexity index is 1420. The lowest BCUT2D eigenvalue weighted by Gasteiger charge is -2.12. The second-order valence-corrected chi connectivity index (χ2v) is 7.87. The van der Waals surface area contributed by atoms with Crippen LogP contribution in [-0.4, -0.2) is 33.9 Å². The van der Waals surface area contributed by atoms with Crippen molar-refractivity contribution in [3.8, 4) is 11.5 Å². The highest BCUT2D eigenvalue weighted by Crippen LogP contribution is 2.36. The fourth-order valence-corrected chi connectivity index (χ4v) is 3.12. The Balaban J connectivity index is 0.000000520. The zero-order chi connectivity index (χ0) is 28.4. The predicted octanol–water partition coefficient (Wildman–Crippen LogP) is 5.61. The number of benzene rings is 2. The first-order valence-corrected chi connectivity index (χ1v) is 11.4. The van der Waals surface area contributed by atoms with Crippen LogP contribution in [0.1, 0.15) is 16.1 Å². The Morgan fingerprint density at radius 3 is 2.10 bits per heavy atom. The highest BCUT2D eigenvalue weighted by molar-refractivity contribution is 6.31. The minimum Gasteiger partial charge on any atom is -0.457 e. The first-order valence-electron chi connectivity index (χ1n) is 11.0. The van der Waals surface area contributed by atoms with Gasteiger partial charge in [-0.25, -0.2) is 14.8 Å². The number of carbonyl (C=O) groups excluding carboxylic acids is 2. The van der Waals surface area contributed by atoms with Crippen LogP contribution in [0.15, 0.2) is 79.3 Å². The largest absolute Gasteiger partial charge is 0.457 e. The number of rotatable bonds is 5. The van der Waals surface area contributed by atoms with Crippen LogP contribution in [0.2, 0.25) is 5.02 Å². The van der Waals surface area contributed by atoms with Gasteiger partial charge < -0.3 is 26.4 Å². The Hall–Kier alpha value is -4.91. The van der Waals surface area contributed by atoms with Crippen LogP contribution in [-0.2, 0) is 6.18 Å². The van der Waals surface area contributed by atoms with Crippen molar-refractivity contribution >= 4 is 40.9 Å². The second-order valence-electron chi connectivity index (χ2n) is 7.46. The molecule has 4 rings (SSSR count). The van der Waals surface area contributed by atoms with Gasteiger partial charge in [0.1, 0.15) is 17.2 Å². The molecule has 202 valence electrons. The number of nitrogens with zero attached hydrogens (tertiary/aromatic N) is 3. The summed E-state index contributed by atoms with van der Waals surface area (Å²) < 4.78 is 44.5. The van der Waals surface area contributed by atoms with E-state index in [-0.39, 0.29) is 17.3 Å². The van der Waals surface area contributed by atoms with Gasteiger partial charge >= 0.3 is 12.2 Å². The summed E-state index contributed by atoms with van der Waals surface area (Å²) in [4.78, 5) is 35.0. The number of ether oxygens (including phenoxy) is 1. The average Bonchev–Trinajstić information content (AvgIpc) is 2.91. The number of aromatic nitrogens is 3. The van der Waals surface area contributed by atoms with Crippen molar-refractivity contribution in [2.75, 3.05) is 23.4 Å². The summed E-state index contributed by atoms with van der Waals surface area (Å²) in [5.41, 5.74) is 4.59. The quantitative estimate of drug-likeness (QED) is 0.249. The third-order valence-electron chi connectivity index (χ3n) is 4.65. The van der Waals surface area contributed by atoms with Crippen molar-refractivity contribution in [1.82, 2.24) is 20.3 Å². The summed E-state index contributed by atoms with van der Waals surface area (Å²) in [5, 5.41) is 6.83. The molecule has 0 fully saturated rings. The third-order valence-corrected chi connectivity index (χ3v) is 4.98. The van der Waals surface area contributed by atoms with Crippen molar-refractivity contribution in [2.45, 2.75) is 6.18 Å². The van der Waals surface area contributed by atoms with E-state index in [0.717, 1.165) is 12.1 Å². The number of nitrogens with one attached hydrogen (secondary N) is 3. The summed E-state index contributed by atoms with van der Waals surface area (Å²) in [6, 6.07) is 13.3. The number of pyridine rings is 1. The van der Waals surface area contributed by atoms with E-state index in [1.165, 1.54) is 25.4 Å². The number of hydrogen-bond donors (Lipinski definition) is 4. The minimum atomic E-state index is -4.64. The first kappa shape index (κ1) is 28.7. The molecule has 14 heteroatoms. The van der Waals surface area contributed by atoms with E-state index in [9.17, 15) is 22.8 Å². The molecule has 5 N–H and O–H groups in total. The highest BCUT2D eigenvalue weighted by atomic mass is 35.5. The molecule has 0 aliphatic rings. The summed E-state index contributed by atoms with van der Waals surface area (Å²) in [6.07, 6.45) is -0.0111. The zero-order valence-corrected chi connectivity index (χ0v) is 20.9. The maximum absolute atomic E-state index is 12.9. The highest BCUT2D eigenvalue weighted by Gasteiger charge is 2.33. The van der Waals surface area contributed by atoms with Crippen molar-refractivity contribution in [3.63, 3.8) is 0 Å². The molecule has 0 saturated carbocycles. The van der Waals surface area contributed by atoms with Crippen LogP contribution in [0, 0.1) is 0 Å². The van der Waals surface area contributed by atoms with Gasteiger partial charge in [0.15, 0.2) is 0 Å². The van der Waals surface area contributed by atoms with E-state index in [0.29, 0.717) is 23.1 Å². The SMILES string of the molecule is CNC(=O)c1cc(Oc2ccc(NC(=O)Nc3ccc(Cl)c(C(F)(F)F)c3)cc2)ccn1.Nc1ncccn1. The van der Waals surface area contributed by atoms with Crippen molar-refractivity contribution in [3.05, 3.63) is 95.5 Å². The van der Waals surface area contributed by atoms with E-state index in [2.05, 4.69) is 30.9 Å². The lowest BCUT2D eigenvalue weighted by molar-refractivity contribution is -0.137. The Morgan fingerprint density at radius 2 is 1.51 bits per heavy atom. The molecule has 2 aromatic heterocycles. The van der Waals surface area contributed by atoms with Crippen LogP contribution in [0.25, 0.3) is 0 Å². The van der Waals surface area contributed by atoms with E-state index in [1.807, 2.05) is 0 Å². The normalized spacial score (nSPS) is 10.5. The molecule has 0 bridgehead atoms. The number of amides is 3. The minimum absolute atomic E-state index is 0.0659. The van der Waals surface area contributed by atoms with E-state index in [1.54, 1.807) is 48.8 Å². The molecule has 10 nitrogen and oxygen atoms in total. The van der Waals surface area contributed by atoms with Gasteiger partial charge in [0.05, 0.1) is 10.6 Å². The maximum atomic E-state index is 12.9. The van der Waals surface area contributed by atoms with Gasteiger partial charge in [0, 0.05) is 43.1 Å². The van der Waals surface area contributed by atoms with Gasteiger partial charge in [-0.1, -0.05) is 11.6 Å². The zero-order valence-electron chi connectivity index (χ0n) is 20.2. The van der Waals surface area contributed by atoms with Crippen LogP contribution >= 0.6 is 11.6 Å². The molecule has 0 atom stereocenters. The van der Waals surface area contributed by atoms with Gasteiger partial charge in [-0.3, -0.25) is 9.78 Å². The van der Waals surface area contributed by atoms with Crippen molar-refractivity contribution in [2.24, 2.45) is 0 Å². The number of hydrogen-bond acceptors (Lipinski definition) is 7. The standard InChI is InChI=1S/C21H16ClF3N4O3.C4H5N3/c1-26-19(30)18-11-15(8-9-27-18)32-14-5-2-12(3-6-14)28-20(31)29-13-4-7-17(22)16(10-13)21(23,24)25;5-4-6-2-1-3-7-4/h2-11H,1H3,(H,26,30)(H2,28,29,31);1-3H,(H2,5,6,7). The van der Waals surface area contributed by atoms with Gasteiger partial charge in [0.2, 0.25) is 5.95 Å². The molecule has 0 radical (unpaired) electrons. The van der Waals surface area contributed by atoms with Gasteiger partial charge in [0.25, 0.3) is 5.91 Å². The smallest absolute Gasteiger partial charge is 0.417 e. The predicted molar refractivity (Wildman–Crippen MR) is 140 cm³/mol. The summed E-state index contributed by atoms with van der Waals surface area (Å²) in [5.74, 6) is 0.782. The fraction of sp³-hybridized carbons (Fsp3) is 0.0800. The molecule has 39 heavy (non-hydrogen) atoms. The Morgan fingerprint density at radius 1 is 0.872 bits per heavy atom. The number of carbonyl (C=O) groups is 2. The lowest BCUT2D eigenvalue weighted by atomic mass is 10.2. The molecule has 4 aromatic rings. The topological polar surface area (TPSA) is 144 Å². The number of urea groups is 1.